The van der Waals surface area contributed by atoms with E-state index in [-0.39, 0.29) is 35.0 Å². The van der Waals surface area contributed by atoms with Crippen LogP contribution in [0.5, 0.6) is 5.75 Å². The summed E-state index contributed by atoms with van der Waals surface area (Å²) in [7, 11) is 0. The summed E-state index contributed by atoms with van der Waals surface area (Å²) in [6.07, 6.45) is 1.62. The topological polar surface area (TPSA) is 35.5 Å². The molecule has 0 atom stereocenters. The minimum absolute atomic E-state index is 0.0287. The normalized spacial score (nSPS) is 17.6. The van der Waals surface area contributed by atoms with E-state index in [2.05, 4.69) is 0 Å². The van der Waals surface area contributed by atoms with Crippen molar-refractivity contribution in [2.24, 2.45) is 0 Å². The number of carbonyl (C=O) groups excluding carboxylic acids is 1. The standard InChI is InChI=1S/C28H25F5O3/c1-3-35-23-13-12-20(25(31)27(23)33)19-11-7-17(14-22(19)29)16-5-8-18(9-6-16)36-28(34)21-10-4-15(2)24(30)26(21)32/h4,7,10-14,16,18H,3,5-6,8-9H2,1-2H3. The Hall–Kier alpha value is -3.42. The second-order valence-electron chi connectivity index (χ2n) is 8.85. The molecule has 36 heavy (non-hydrogen) atoms. The Morgan fingerprint density at radius 2 is 1.53 bits per heavy atom. The second kappa shape index (κ2) is 10.7. The molecule has 3 aromatic rings. The molecular formula is C28H25F5O3. The number of benzene rings is 3. The van der Waals surface area contributed by atoms with Crippen LogP contribution in [0.1, 0.15) is 60.0 Å². The fraction of sp³-hybridized carbons (Fsp3) is 0.321. The first-order valence-electron chi connectivity index (χ1n) is 11.8. The van der Waals surface area contributed by atoms with Gasteiger partial charge >= 0.3 is 5.97 Å². The van der Waals surface area contributed by atoms with Crippen LogP contribution < -0.4 is 4.74 Å². The maximum Gasteiger partial charge on any atom is 0.341 e. The van der Waals surface area contributed by atoms with Crippen LogP contribution >= 0.6 is 0 Å². The highest BCUT2D eigenvalue weighted by molar-refractivity contribution is 5.90. The number of ether oxygens (including phenoxy) is 2. The lowest BCUT2D eigenvalue weighted by Crippen LogP contribution is -2.24. The summed E-state index contributed by atoms with van der Waals surface area (Å²) < 4.78 is 82.0. The van der Waals surface area contributed by atoms with Crippen LogP contribution in [0.3, 0.4) is 0 Å². The van der Waals surface area contributed by atoms with Gasteiger partial charge in [-0.05, 0) is 80.8 Å². The van der Waals surface area contributed by atoms with E-state index >= 15 is 0 Å². The summed E-state index contributed by atoms with van der Waals surface area (Å²) >= 11 is 0. The van der Waals surface area contributed by atoms with Crippen molar-refractivity contribution in [3.8, 4) is 16.9 Å². The molecule has 3 nitrogen and oxygen atoms in total. The van der Waals surface area contributed by atoms with Gasteiger partial charge in [0.2, 0.25) is 5.82 Å². The maximum absolute atomic E-state index is 14.9. The monoisotopic (exact) mass is 504 g/mol. The lowest BCUT2D eigenvalue weighted by atomic mass is 9.82. The molecule has 0 N–H and O–H groups in total. The van der Waals surface area contributed by atoms with Gasteiger partial charge in [-0.1, -0.05) is 18.2 Å². The van der Waals surface area contributed by atoms with Crippen LogP contribution in [0.25, 0.3) is 11.1 Å². The third-order valence-corrected chi connectivity index (χ3v) is 6.54. The van der Waals surface area contributed by atoms with E-state index in [4.69, 9.17) is 9.47 Å². The Labute approximate surface area is 205 Å². The molecule has 0 heterocycles. The molecular weight excluding hydrogens is 479 g/mol. The van der Waals surface area contributed by atoms with Gasteiger partial charge in [0.15, 0.2) is 23.2 Å². The van der Waals surface area contributed by atoms with Crippen LogP contribution in [-0.4, -0.2) is 18.7 Å². The largest absolute Gasteiger partial charge is 0.491 e. The number of aryl methyl sites for hydroxylation is 1. The molecule has 3 aromatic carbocycles. The van der Waals surface area contributed by atoms with Crippen molar-refractivity contribution in [2.45, 2.75) is 51.6 Å². The van der Waals surface area contributed by atoms with E-state index in [1.165, 1.54) is 43.3 Å². The summed E-state index contributed by atoms with van der Waals surface area (Å²) in [4.78, 5) is 12.3. The van der Waals surface area contributed by atoms with Crippen LogP contribution in [0.2, 0.25) is 0 Å². The van der Waals surface area contributed by atoms with Crippen molar-refractivity contribution in [3.63, 3.8) is 0 Å². The summed E-state index contributed by atoms with van der Waals surface area (Å²) in [6, 6.07) is 9.47. The molecule has 0 saturated heterocycles. The molecule has 8 heteroatoms. The molecule has 4 rings (SSSR count). The number of hydrogen-bond donors (Lipinski definition) is 0. The lowest BCUT2D eigenvalue weighted by molar-refractivity contribution is 0.0189. The Morgan fingerprint density at radius 3 is 2.19 bits per heavy atom. The minimum Gasteiger partial charge on any atom is -0.491 e. The molecule has 0 aromatic heterocycles. The van der Waals surface area contributed by atoms with Crippen LogP contribution in [0, 0.1) is 36.0 Å². The van der Waals surface area contributed by atoms with E-state index in [1.54, 1.807) is 13.0 Å². The molecule has 1 aliphatic rings. The van der Waals surface area contributed by atoms with Crippen LogP contribution in [-0.2, 0) is 4.74 Å². The van der Waals surface area contributed by atoms with Gasteiger partial charge in [-0.15, -0.1) is 0 Å². The van der Waals surface area contributed by atoms with E-state index in [0.717, 1.165) is 0 Å². The zero-order valence-electron chi connectivity index (χ0n) is 19.8. The zero-order valence-corrected chi connectivity index (χ0v) is 19.8. The molecule has 0 unspecified atom stereocenters. The van der Waals surface area contributed by atoms with Crippen molar-refractivity contribution in [1.82, 2.24) is 0 Å². The maximum atomic E-state index is 14.9. The van der Waals surface area contributed by atoms with E-state index < -0.39 is 46.7 Å². The number of carbonyl (C=O) groups is 1. The Kier molecular flexibility index (Phi) is 7.62. The van der Waals surface area contributed by atoms with Gasteiger partial charge in [0.25, 0.3) is 0 Å². The Bertz CT molecular complexity index is 1280. The first-order valence-corrected chi connectivity index (χ1v) is 11.8. The fourth-order valence-corrected chi connectivity index (χ4v) is 4.54. The highest BCUT2D eigenvalue weighted by Crippen LogP contribution is 2.37. The zero-order chi connectivity index (χ0) is 26.0. The number of hydrogen-bond acceptors (Lipinski definition) is 3. The van der Waals surface area contributed by atoms with E-state index in [9.17, 15) is 26.7 Å². The molecule has 0 bridgehead atoms. The summed E-state index contributed by atoms with van der Waals surface area (Å²) in [5.74, 6) is -6.52. The average molecular weight is 504 g/mol. The van der Waals surface area contributed by atoms with E-state index in [1.807, 2.05) is 0 Å². The minimum atomic E-state index is -1.23. The first-order chi connectivity index (χ1) is 17.2. The molecule has 1 aliphatic carbocycles. The van der Waals surface area contributed by atoms with Gasteiger partial charge in [-0.3, -0.25) is 0 Å². The molecule has 1 saturated carbocycles. The van der Waals surface area contributed by atoms with Crippen molar-refractivity contribution in [1.29, 1.82) is 0 Å². The van der Waals surface area contributed by atoms with Gasteiger partial charge in [-0.25, -0.2) is 22.4 Å². The molecule has 0 amide bonds. The summed E-state index contributed by atoms with van der Waals surface area (Å²) in [5, 5.41) is 0. The van der Waals surface area contributed by atoms with E-state index in [0.29, 0.717) is 31.2 Å². The molecule has 190 valence electrons. The summed E-state index contributed by atoms with van der Waals surface area (Å²) in [6.45, 7) is 3.21. The third kappa shape index (κ3) is 5.08. The number of esters is 1. The first kappa shape index (κ1) is 25.7. The quantitative estimate of drug-likeness (QED) is 0.256. The highest BCUT2D eigenvalue weighted by atomic mass is 19.2. The average Bonchev–Trinajstić information content (AvgIpc) is 2.86. The number of halogens is 5. The molecule has 0 aliphatic heterocycles. The third-order valence-electron chi connectivity index (χ3n) is 6.54. The predicted molar refractivity (Wildman–Crippen MR) is 124 cm³/mol. The predicted octanol–water partition coefficient (Wildman–Crippen LogP) is 7.64. The summed E-state index contributed by atoms with van der Waals surface area (Å²) in [5.41, 5.74) is 0.0807. The molecule has 0 radical (unpaired) electrons. The second-order valence-corrected chi connectivity index (χ2v) is 8.85. The van der Waals surface area contributed by atoms with Crippen molar-refractivity contribution in [3.05, 3.63) is 88.2 Å². The van der Waals surface area contributed by atoms with Crippen molar-refractivity contribution >= 4 is 5.97 Å². The molecule has 0 spiro atoms. The lowest BCUT2D eigenvalue weighted by Gasteiger charge is -2.29. The van der Waals surface area contributed by atoms with Gasteiger partial charge in [-0.2, -0.15) is 4.39 Å². The Morgan fingerprint density at radius 1 is 0.833 bits per heavy atom. The van der Waals surface area contributed by atoms with Crippen LogP contribution in [0.4, 0.5) is 22.0 Å². The highest BCUT2D eigenvalue weighted by Gasteiger charge is 2.28. The fourth-order valence-electron chi connectivity index (χ4n) is 4.54. The smallest absolute Gasteiger partial charge is 0.341 e. The number of rotatable bonds is 6. The Balaban J connectivity index is 1.42. The van der Waals surface area contributed by atoms with Crippen LogP contribution in [0.15, 0.2) is 42.5 Å². The van der Waals surface area contributed by atoms with Gasteiger partial charge in [0.05, 0.1) is 12.2 Å². The van der Waals surface area contributed by atoms with Crippen molar-refractivity contribution in [2.75, 3.05) is 6.61 Å². The van der Waals surface area contributed by atoms with Gasteiger partial charge in [0.1, 0.15) is 11.9 Å². The molecule has 1 fully saturated rings. The van der Waals surface area contributed by atoms with Gasteiger partial charge < -0.3 is 9.47 Å². The SMILES string of the molecule is CCOc1ccc(-c2ccc(C3CCC(OC(=O)c4ccc(C)c(F)c4F)CC3)cc2F)c(F)c1F. The van der Waals surface area contributed by atoms with Crippen molar-refractivity contribution < 1.29 is 36.2 Å². The van der Waals surface area contributed by atoms with Gasteiger partial charge in [0, 0.05) is 11.1 Å².